The molecule has 0 heterocycles. The molecule has 0 bridgehead atoms. The average Bonchev–Trinajstić information content (AvgIpc) is 2.32. The van der Waals surface area contributed by atoms with Crippen LogP contribution in [0.1, 0.15) is 24.3 Å². The minimum atomic E-state index is -0.418. The minimum Gasteiger partial charge on any atom is -0.483 e. The fourth-order valence-electron chi connectivity index (χ4n) is 2.08. The van der Waals surface area contributed by atoms with Gasteiger partial charge in [-0.3, -0.25) is 4.79 Å². The summed E-state index contributed by atoms with van der Waals surface area (Å²) >= 11 is 0. The van der Waals surface area contributed by atoms with Crippen LogP contribution in [0.15, 0.2) is 24.3 Å². The summed E-state index contributed by atoms with van der Waals surface area (Å²) in [5.41, 5.74) is 1.15. The number of carboxylic acid groups (broad SMARTS) is 1. The Labute approximate surface area is 105 Å². The molecule has 4 nitrogen and oxygen atoms in total. The van der Waals surface area contributed by atoms with Crippen molar-refractivity contribution >= 4 is 6.47 Å². The second kappa shape index (κ2) is 6.47. The molecule has 100 valence electrons. The van der Waals surface area contributed by atoms with Crippen molar-refractivity contribution in [3.63, 3.8) is 0 Å². The molecule has 1 aliphatic carbocycles. The van der Waals surface area contributed by atoms with Gasteiger partial charge in [0.25, 0.3) is 6.47 Å². The number of benzene rings is 1. The van der Waals surface area contributed by atoms with Crippen molar-refractivity contribution in [1.29, 1.82) is 0 Å². The zero-order chi connectivity index (χ0) is 13.6. The monoisotopic (exact) mass is 256 g/mol. The zero-order valence-electron chi connectivity index (χ0n) is 10.4. The lowest BCUT2D eigenvalue weighted by molar-refractivity contribution is -0.257. The molecular formula is C13H17FO4. The Morgan fingerprint density at radius 1 is 1.28 bits per heavy atom. The van der Waals surface area contributed by atoms with Gasteiger partial charge in [0.05, 0.1) is 0 Å². The van der Waals surface area contributed by atoms with Crippen molar-refractivity contribution in [2.75, 3.05) is 14.2 Å². The van der Waals surface area contributed by atoms with Crippen LogP contribution < -0.4 is 0 Å². The first-order chi connectivity index (χ1) is 8.60. The standard InChI is InChI=1S/C12H15FO2.CH2O2/c1-14-12(15-2)7-10(8-12)9-3-5-11(13)6-4-9;2-1-3/h3-6,10H,7-8H2,1-2H3;1H,(H,2,3). The summed E-state index contributed by atoms with van der Waals surface area (Å²) in [6.45, 7) is -0.250. The largest absolute Gasteiger partial charge is 0.483 e. The second-order valence-electron chi connectivity index (χ2n) is 4.08. The fraction of sp³-hybridized carbons (Fsp3) is 0.462. The van der Waals surface area contributed by atoms with Crippen LogP contribution in [0.4, 0.5) is 4.39 Å². The minimum absolute atomic E-state index is 0.192. The van der Waals surface area contributed by atoms with Gasteiger partial charge >= 0.3 is 0 Å². The Morgan fingerprint density at radius 3 is 2.11 bits per heavy atom. The second-order valence-corrected chi connectivity index (χ2v) is 4.08. The molecule has 0 amide bonds. The van der Waals surface area contributed by atoms with Crippen LogP contribution in [0.3, 0.4) is 0 Å². The Hall–Kier alpha value is -1.46. The van der Waals surface area contributed by atoms with Crippen molar-refractivity contribution in [3.05, 3.63) is 35.6 Å². The molecule has 2 rings (SSSR count). The predicted octanol–water partition coefficient (Wildman–Crippen LogP) is 2.39. The van der Waals surface area contributed by atoms with Crippen molar-refractivity contribution in [2.45, 2.75) is 24.5 Å². The van der Waals surface area contributed by atoms with Crippen LogP contribution in [0, 0.1) is 5.82 Å². The van der Waals surface area contributed by atoms with Gasteiger partial charge in [0, 0.05) is 27.1 Å². The summed E-state index contributed by atoms with van der Waals surface area (Å²) in [7, 11) is 3.31. The van der Waals surface area contributed by atoms with Crippen LogP contribution in [-0.4, -0.2) is 31.6 Å². The van der Waals surface area contributed by atoms with E-state index in [1.165, 1.54) is 12.1 Å². The highest BCUT2D eigenvalue weighted by Gasteiger charge is 2.45. The SMILES string of the molecule is COC1(OC)CC(c2ccc(F)cc2)C1.O=CO. The van der Waals surface area contributed by atoms with E-state index in [-0.39, 0.29) is 12.3 Å². The maximum Gasteiger partial charge on any atom is 0.290 e. The molecule has 1 fully saturated rings. The van der Waals surface area contributed by atoms with Crippen LogP contribution in [0.2, 0.25) is 0 Å². The lowest BCUT2D eigenvalue weighted by Gasteiger charge is -2.45. The van der Waals surface area contributed by atoms with Crippen molar-refractivity contribution in [1.82, 2.24) is 0 Å². The van der Waals surface area contributed by atoms with E-state index in [1.54, 1.807) is 14.2 Å². The quantitative estimate of drug-likeness (QED) is 0.666. The molecule has 0 atom stereocenters. The Kier molecular flexibility index (Phi) is 5.25. The lowest BCUT2D eigenvalue weighted by atomic mass is 9.74. The summed E-state index contributed by atoms with van der Waals surface area (Å²) in [5, 5.41) is 6.89. The van der Waals surface area contributed by atoms with E-state index in [1.807, 2.05) is 12.1 Å². The maximum atomic E-state index is 12.7. The summed E-state index contributed by atoms with van der Waals surface area (Å²) in [6, 6.07) is 6.65. The highest BCUT2D eigenvalue weighted by Crippen LogP contribution is 2.47. The van der Waals surface area contributed by atoms with Crippen molar-refractivity contribution in [3.8, 4) is 0 Å². The molecule has 1 aromatic carbocycles. The van der Waals surface area contributed by atoms with Gasteiger partial charge in [-0.15, -0.1) is 0 Å². The first kappa shape index (κ1) is 14.6. The molecule has 1 aromatic rings. The molecule has 1 saturated carbocycles. The Bertz CT molecular complexity index is 365. The van der Waals surface area contributed by atoms with Crippen LogP contribution in [0.25, 0.3) is 0 Å². The highest BCUT2D eigenvalue weighted by molar-refractivity contribution is 5.32. The van der Waals surface area contributed by atoms with E-state index >= 15 is 0 Å². The van der Waals surface area contributed by atoms with E-state index in [2.05, 4.69) is 0 Å². The van der Waals surface area contributed by atoms with Gasteiger partial charge in [0.1, 0.15) is 5.82 Å². The molecule has 0 spiro atoms. The maximum absolute atomic E-state index is 12.7. The molecule has 0 aromatic heterocycles. The van der Waals surface area contributed by atoms with E-state index < -0.39 is 5.79 Å². The van der Waals surface area contributed by atoms with Gasteiger partial charge in [-0.2, -0.15) is 0 Å². The normalized spacial score (nSPS) is 17.3. The topological polar surface area (TPSA) is 55.8 Å². The van der Waals surface area contributed by atoms with Gasteiger partial charge in [0.2, 0.25) is 0 Å². The molecule has 0 radical (unpaired) electrons. The fourth-order valence-corrected chi connectivity index (χ4v) is 2.08. The first-order valence-electron chi connectivity index (χ1n) is 5.54. The molecule has 5 heteroatoms. The van der Waals surface area contributed by atoms with E-state index in [0.717, 1.165) is 18.4 Å². The van der Waals surface area contributed by atoms with Crippen LogP contribution in [-0.2, 0) is 14.3 Å². The molecule has 18 heavy (non-hydrogen) atoms. The van der Waals surface area contributed by atoms with Gasteiger partial charge in [-0.1, -0.05) is 12.1 Å². The summed E-state index contributed by atoms with van der Waals surface area (Å²) in [6.07, 6.45) is 1.68. The number of hydrogen-bond donors (Lipinski definition) is 1. The summed E-state index contributed by atoms with van der Waals surface area (Å²) in [4.78, 5) is 8.36. The molecule has 1 aliphatic rings. The number of halogens is 1. The average molecular weight is 256 g/mol. The Balaban J connectivity index is 0.000000492. The zero-order valence-corrected chi connectivity index (χ0v) is 10.4. The molecule has 0 unspecified atom stereocenters. The van der Waals surface area contributed by atoms with Gasteiger partial charge in [-0.25, -0.2) is 4.39 Å². The molecule has 0 aliphatic heterocycles. The van der Waals surface area contributed by atoms with E-state index in [9.17, 15) is 4.39 Å². The third-order valence-corrected chi connectivity index (χ3v) is 3.20. The smallest absolute Gasteiger partial charge is 0.290 e. The van der Waals surface area contributed by atoms with Crippen LogP contribution in [0.5, 0.6) is 0 Å². The lowest BCUT2D eigenvalue weighted by Crippen LogP contribution is -2.45. The molecule has 1 N–H and O–H groups in total. The number of rotatable bonds is 3. The van der Waals surface area contributed by atoms with Crippen molar-refractivity contribution in [2.24, 2.45) is 0 Å². The first-order valence-corrected chi connectivity index (χ1v) is 5.54. The molecular weight excluding hydrogens is 239 g/mol. The highest BCUT2D eigenvalue weighted by atomic mass is 19.1. The van der Waals surface area contributed by atoms with Crippen molar-refractivity contribution < 1.29 is 23.8 Å². The number of carbonyl (C=O) groups is 1. The van der Waals surface area contributed by atoms with Gasteiger partial charge in [-0.05, 0) is 23.6 Å². The van der Waals surface area contributed by atoms with Crippen LogP contribution >= 0.6 is 0 Å². The Morgan fingerprint density at radius 2 is 1.72 bits per heavy atom. The number of methoxy groups -OCH3 is 2. The van der Waals surface area contributed by atoms with Gasteiger partial charge < -0.3 is 14.6 Å². The van der Waals surface area contributed by atoms with Gasteiger partial charge in [0.15, 0.2) is 5.79 Å². The third-order valence-electron chi connectivity index (χ3n) is 3.20. The summed E-state index contributed by atoms with van der Waals surface area (Å²) in [5.74, 6) is -0.188. The number of hydrogen-bond acceptors (Lipinski definition) is 3. The van der Waals surface area contributed by atoms with E-state index in [4.69, 9.17) is 19.4 Å². The predicted molar refractivity (Wildman–Crippen MR) is 63.8 cm³/mol. The third kappa shape index (κ3) is 3.27. The van der Waals surface area contributed by atoms with E-state index in [0.29, 0.717) is 5.92 Å². The summed E-state index contributed by atoms with van der Waals surface area (Å²) < 4.78 is 23.3. The number of ether oxygens (including phenoxy) is 2. The molecule has 0 saturated heterocycles.